The molecule has 0 spiro atoms. The summed E-state index contributed by atoms with van der Waals surface area (Å²) in [5, 5.41) is 8.85. The maximum atomic E-state index is 8.85. The molecule has 1 aliphatic rings. The van der Waals surface area contributed by atoms with E-state index in [1.807, 2.05) is 26.2 Å². The fraction of sp³-hybridized carbons (Fsp3) is 0.500. The molecule has 1 aliphatic carbocycles. The third-order valence-electron chi connectivity index (χ3n) is 1.72. The summed E-state index contributed by atoms with van der Waals surface area (Å²) in [5.41, 5.74) is 1.07. The molecule has 0 amide bonds. The van der Waals surface area contributed by atoms with E-state index in [1.165, 1.54) is 0 Å². The Labute approximate surface area is 61.5 Å². The Bertz CT molecular complexity index is 170. The summed E-state index contributed by atoms with van der Waals surface area (Å²) in [6.07, 6.45) is 6.02. The molecule has 0 aromatic heterocycles. The van der Waals surface area contributed by atoms with Gasteiger partial charge in [-0.15, -0.1) is 0 Å². The van der Waals surface area contributed by atoms with Crippen molar-refractivity contribution in [2.24, 2.45) is 0 Å². The van der Waals surface area contributed by atoms with Crippen LogP contribution in [0.25, 0.3) is 0 Å². The zero-order chi connectivity index (χ0) is 7.56. The van der Waals surface area contributed by atoms with Crippen molar-refractivity contribution in [2.45, 2.75) is 6.04 Å². The molecule has 0 aromatic carbocycles. The van der Waals surface area contributed by atoms with E-state index in [0.29, 0.717) is 6.04 Å². The lowest BCUT2D eigenvalue weighted by Gasteiger charge is -2.19. The average Bonchev–Trinajstić information content (AvgIpc) is 2.33. The highest BCUT2D eigenvalue weighted by atomic mass is 16.3. The van der Waals surface area contributed by atoms with Crippen molar-refractivity contribution in [1.82, 2.24) is 4.90 Å². The summed E-state index contributed by atoms with van der Waals surface area (Å²) in [7, 11) is 4.01. The second kappa shape index (κ2) is 2.99. The van der Waals surface area contributed by atoms with Crippen molar-refractivity contribution in [2.75, 3.05) is 20.7 Å². The summed E-state index contributed by atoms with van der Waals surface area (Å²) in [6.45, 7) is 0.163. The van der Waals surface area contributed by atoms with E-state index in [-0.39, 0.29) is 6.61 Å². The molecule has 0 aromatic rings. The van der Waals surface area contributed by atoms with Gasteiger partial charge in [-0.3, -0.25) is 4.90 Å². The molecule has 0 unspecified atom stereocenters. The largest absolute Gasteiger partial charge is 0.392 e. The molecular formula is C8H13NO. The Morgan fingerprint density at radius 2 is 2.30 bits per heavy atom. The monoisotopic (exact) mass is 139 g/mol. The van der Waals surface area contributed by atoms with Gasteiger partial charge in [0, 0.05) is 0 Å². The van der Waals surface area contributed by atoms with Crippen LogP contribution in [0.5, 0.6) is 0 Å². The smallest absolute Gasteiger partial charge is 0.0663 e. The van der Waals surface area contributed by atoms with E-state index in [4.69, 9.17) is 5.11 Å². The van der Waals surface area contributed by atoms with E-state index in [1.54, 1.807) is 0 Å². The lowest BCUT2D eigenvalue weighted by Crippen LogP contribution is -2.27. The highest BCUT2D eigenvalue weighted by Crippen LogP contribution is 2.14. The molecular weight excluding hydrogens is 126 g/mol. The van der Waals surface area contributed by atoms with Crippen LogP contribution in [0.15, 0.2) is 23.8 Å². The molecule has 0 saturated heterocycles. The van der Waals surface area contributed by atoms with Gasteiger partial charge in [-0.2, -0.15) is 0 Å². The van der Waals surface area contributed by atoms with Crippen molar-refractivity contribution < 1.29 is 5.11 Å². The zero-order valence-corrected chi connectivity index (χ0v) is 6.41. The predicted octanol–water partition coefficient (Wildman–Crippen LogP) is 0.405. The first-order chi connectivity index (χ1) is 4.75. The van der Waals surface area contributed by atoms with Gasteiger partial charge >= 0.3 is 0 Å². The van der Waals surface area contributed by atoms with Crippen LogP contribution < -0.4 is 0 Å². The fourth-order valence-electron chi connectivity index (χ4n) is 1.16. The summed E-state index contributed by atoms with van der Waals surface area (Å²) < 4.78 is 0. The Morgan fingerprint density at radius 3 is 2.70 bits per heavy atom. The Morgan fingerprint density at radius 1 is 1.60 bits per heavy atom. The zero-order valence-electron chi connectivity index (χ0n) is 6.41. The quantitative estimate of drug-likeness (QED) is 0.598. The van der Waals surface area contributed by atoms with E-state index in [2.05, 4.69) is 11.0 Å². The van der Waals surface area contributed by atoms with E-state index in [0.717, 1.165) is 5.57 Å². The first kappa shape index (κ1) is 7.51. The van der Waals surface area contributed by atoms with Crippen LogP contribution in [-0.2, 0) is 0 Å². The summed E-state index contributed by atoms with van der Waals surface area (Å²) >= 11 is 0. The van der Waals surface area contributed by atoms with Crippen LogP contribution in [0.1, 0.15) is 0 Å². The summed E-state index contributed by atoms with van der Waals surface area (Å²) in [4.78, 5) is 2.07. The number of aliphatic hydroxyl groups is 1. The topological polar surface area (TPSA) is 23.5 Å². The Hall–Kier alpha value is -0.600. The van der Waals surface area contributed by atoms with Crippen LogP contribution in [-0.4, -0.2) is 36.8 Å². The fourth-order valence-corrected chi connectivity index (χ4v) is 1.16. The molecule has 10 heavy (non-hydrogen) atoms. The minimum Gasteiger partial charge on any atom is -0.392 e. The number of likely N-dealkylation sites (N-methyl/N-ethyl adjacent to an activating group) is 1. The number of allylic oxidation sites excluding steroid dienone is 2. The molecule has 0 fully saturated rings. The van der Waals surface area contributed by atoms with E-state index >= 15 is 0 Å². The number of nitrogens with zero attached hydrogens (tertiary/aromatic N) is 1. The standard InChI is InChI=1S/C8H13NO/c1-9(2)8-5-3-4-7(8)6-10/h3-5,8,10H,6H2,1-2H3/t8-/m0/s1. The van der Waals surface area contributed by atoms with Gasteiger partial charge in [0.25, 0.3) is 0 Å². The highest BCUT2D eigenvalue weighted by Gasteiger charge is 2.14. The van der Waals surface area contributed by atoms with Crippen LogP contribution in [0.2, 0.25) is 0 Å². The second-order valence-electron chi connectivity index (χ2n) is 2.69. The number of rotatable bonds is 2. The maximum Gasteiger partial charge on any atom is 0.0663 e. The minimum atomic E-state index is 0.163. The van der Waals surface area contributed by atoms with Gasteiger partial charge in [0.15, 0.2) is 0 Å². The van der Waals surface area contributed by atoms with Gasteiger partial charge in [0.05, 0.1) is 12.6 Å². The van der Waals surface area contributed by atoms with E-state index < -0.39 is 0 Å². The third-order valence-corrected chi connectivity index (χ3v) is 1.72. The van der Waals surface area contributed by atoms with Crippen LogP contribution >= 0.6 is 0 Å². The summed E-state index contributed by atoms with van der Waals surface area (Å²) in [6, 6.07) is 0.310. The Kier molecular flexibility index (Phi) is 2.25. The second-order valence-corrected chi connectivity index (χ2v) is 2.69. The van der Waals surface area contributed by atoms with Crippen LogP contribution in [0, 0.1) is 0 Å². The first-order valence-electron chi connectivity index (χ1n) is 3.40. The SMILES string of the molecule is CN(C)[C@H]1C=CC=C1CO. The van der Waals surface area contributed by atoms with Crippen molar-refractivity contribution in [3.05, 3.63) is 23.8 Å². The highest BCUT2D eigenvalue weighted by molar-refractivity contribution is 5.31. The van der Waals surface area contributed by atoms with Crippen LogP contribution in [0.4, 0.5) is 0 Å². The normalized spacial score (nSPS) is 24.0. The molecule has 0 radical (unpaired) electrons. The predicted molar refractivity (Wildman–Crippen MR) is 41.8 cm³/mol. The van der Waals surface area contributed by atoms with Gasteiger partial charge in [-0.05, 0) is 19.7 Å². The maximum absolute atomic E-state index is 8.85. The number of aliphatic hydroxyl groups excluding tert-OH is 1. The van der Waals surface area contributed by atoms with Gasteiger partial charge in [0.1, 0.15) is 0 Å². The van der Waals surface area contributed by atoms with Crippen molar-refractivity contribution in [1.29, 1.82) is 0 Å². The lowest BCUT2D eigenvalue weighted by atomic mass is 10.1. The molecule has 0 aliphatic heterocycles. The van der Waals surface area contributed by atoms with Gasteiger partial charge in [-0.1, -0.05) is 18.2 Å². The number of hydrogen-bond acceptors (Lipinski definition) is 2. The van der Waals surface area contributed by atoms with Crippen molar-refractivity contribution in [3.8, 4) is 0 Å². The average molecular weight is 139 g/mol. The van der Waals surface area contributed by atoms with Crippen LogP contribution in [0.3, 0.4) is 0 Å². The molecule has 0 heterocycles. The van der Waals surface area contributed by atoms with E-state index in [9.17, 15) is 0 Å². The first-order valence-corrected chi connectivity index (χ1v) is 3.40. The minimum absolute atomic E-state index is 0.163. The molecule has 0 saturated carbocycles. The molecule has 0 bridgehead atoms. The van der Waals surface area contributed by atoms with Gasteiger partial charge < -0.3 is 5.11 Å². The molecule has 1 atom stereocenters. The molecule has 56 valence electrons. The number of hydrogen-bond donors (Lipinski definition) is 1. The van der Waals surface area contributed by atoms with Crippen molar-refractivity contribution >= 4 is 0 Å². The summed E-state index contributed by atoms with van der Waals surface area (Å²) in [5.74, 6) is 0. The lowest BCUT2D eigenvalue weighted by molar-refractivity contribution is 0.294. The molecule has 2 heteroatoms. The molecule has 1 N–H and O–H groups in total. The van der Waals surface area contributed by atoms with Gasteiger partial charge in [0.2, 0.25) is 0 Å². The Balaban J connectivity index is 2.62. The third kappa shape index (κ3) is 1.28. The molecule has 1 rings (SSSR count). The van der Waals surface area contributed by atoms with Gasteiger partial charge in [-0.25, -0.2) is 0 Å². The molecule has 2 nitrogen and oxygen atoms in total. The van der Waals surface area contributed by atoms with Crippen molar-refractivity contribution in [3.63, 3.8) is 0 Å².